The number of aromatic hydroxyl groups is 1. The highest BCUT2D eigenvalue weighted by Gasteiger charge is 2.23. The van der Waals surface area contributed by atoms with Crippen LogP contribution in [0, 0.1) is 34.6 Å². The predicted molar refractivity (Wildman–Crippen MR) is 220 cm³/mol. The van der Waals surface area contributed by atoms with E-state index in [-0.39, 0.29) is 17.3 Å². The Balaban J connectivity index is 0.000000162. The summed E-state index contributed by atoms with van der Waals surface area (Å²) in [6.45, 7) is 10.3. The van der Waals surface area contributed by atoms with Crippen molar-refractivity contribution >= 4 is 54.4 Å². The summed E-state index contributed by atoms with van der Waals surface area (Å²) in [6.07, 6.45) is 0. The molecule has 0 bridgehead atoms. The number of hydrogen-bond donors (Lipinski definition) is 1. The molecule has 0 amide bonds. The van der Waals surface area contributed by atoms with Crippen molar-refractivity contribution < 1.29 is 14.7 Å². The number of carbonyl (C=O) groups excluding carboxylic acids is 2. The molecule has 2 heterocycles. The van der Waals surface area contributed by atoms with Crippen LogP contribution in [0.4, 0.5) is 0 Å². The topological polar surface area (TPSA) is 54.4 Å². The lowest BCUT2D eigenvalue weighted by atomic mass is 9.96. The Morgan fingerprint density at radius 3 is 1.13 bits per heavy atom. The largest absolute Gasteiger partial charge is 0.508 e. The molecule has 0 saturated heterocycles. The van der Waals surface area contributed by atoms with Crippen LogP contribution in [0.15, 0.2) is 133 Å². The molecule has 5 heteroatoms. The number of ketones is 2. The Kier molecular flexibility index (Phi) is 9.74. The maximum absolute atomic E-state index is 13.4. The second kappa shape index (κ2) is 14.5. The number of carbonyl (C=O) groups is 2. The molecule has 0 aliphatic heterocycles. The number of rotatable bonds is 6. The molecule has 0 aliphatic carbocycles. The fourth-order valence-electron chi connectivity index (χ4n) is 6.28. The average molecular weight is 715 g/mol. The summed E-state index contributed by atoms with van der Waals surface area (Å²) in [5.74, 6) is 0.234. The van der Waals surface area contributed by atoms with Crippen LogP contribution in [0.5, 0.6) is 5.75 Å². The van der Waals surface area contributed by atoms with E-state index in [9.17, 15) is 14.7 Å². The van der Waals surface area contributed by atoms with E-state index in [1.807, 2.05) is 43.3 Å². The van der Waals surface area contributed by atoms with E-state index >= 15 is 0 Å². The molecule has 6 aromatic carbocycles. The van der Waals surface area contributed by atoms with Crippen LogP contribution in [-0.2, 0) is 0 Å². The standard InChI is InChI=1S/C24H20OS.C23H18O2S/c1-15-4-9-18(10-5-15)23(25)22-20-13-8-17(3)14-21(20)26-24(22)19-11-6-16(2)7-12-19;1-14-3-6-17(7-4-14)23-21(19-12-5-15(2)13-20(19)26-23)22(25)16-8-10-18(24)11-9-16/h4-14H,1-3H3;3-13,24H,1-2H3. The van der Waals surface area contributed by atoms with Crippen LogP contribution in [0.25, 0.3) is 41.1 Å². The second-order valence-corrected chi connectivity index (χ2v) is 15.5. The van der Waals surface area contributed by atoms with Gasteiger partial charge < -0.3 is 5.11 Å². The fourth-order valence-corrected chi connectivity index (χ4v) is 8.89. The Bertz CT molecular complexity index is 2390. The predicted octanol–water partition coefficient (Wildman–Crippen LogP) is 12.8. The molecule has 0 saturated carbocycles. The molecular weight excluding hydrogens is 677 g/mol. The van der Waals surface area contributed by atoms with Crippen molar-refractivity contribution in [3.63, 3.8) is 0 Å². The molecule has 0 aliphatic rings. The minimum Gasteiger partial charge on any atom is -0.508 e. The van der Waals surface area contributed by atoms with Crippen LogP contribution in [0.1, 0.15) is 59.7 Å². The van der Waals surface area contributed by atoms with Gasteiger partial charge in [0.05, 0.1) is 0 Å². The number of fused-ring (bicyclic) bond motifs is 2. The van der Waals surface area contributed by atoms with Crippen molar-refractivity contribution in [2.24, 2.45) is 0 Å². The first-order valence-electron chi connectivity index (χ1n) is 17.2. The zero-order valence-electron chi connectivity index (χ0n) is 29.8. The molecule has 3 nitrogen and oxygen atoms in total. The minimum atomic E-state index is -0.0179. The highest BCUT2D eigenvalue weighted by Crippen LogP contribution is 2.42. The Hall–Kier alpha value is -5.62. The number of phenolic OH excluding ortho intramolecular Hbond substituents is 1. The summed E-state index contributed by atoms with van der Waals surface area (Å²) < 4.78 is 2.28. The molecule has 8 rings (SSSR count). The number of thiophene rings is 2. The van der Waals surface area contributed by atoms with Crippen LogP contribution >= 0.6 is 22.7 Å². The second-order valence-electron chi connectivity index (χ2n) is 13.4. The van der Waals surface area contributed by atoms with Gasteiger partial charge in [0.1, 0.15) is 5.75 Å². The van der Waals surface area contributed by atoms with Gasteiger partial charge in [0.25, 0.3) is 0 Å². The molecule has 8 aromatic rings. The Morgan fingerprint density at radius 1 is 0.423 bits per heavy atom. The summed E-state index contributed by atoms with van der Waals surface area (Å²) in [6, 6.07) is 43.5. The van der Waals surface area contributed by atoms with Gasteiger partial charge in [-0.3, -0.25) is 9.59 Å². The van der Waals surface area contributed by atoms with E-state index in [1.54, 1.807) is 46.9 Å². The van der Waals surface area contributed by atoms with Gasteiger partial charge in [-0.05, 0) is 93.3 Å². The lowest BCUT2D eigenvalue weighted by Gasteiger charge is -2.06. The summed E-state index contributed by atoms with van der Waals surface area (Å²) in [4.78, 5) is 28.7. The van der Waals surface area contributed by atoms with Gasteiger partial charge in [0.2, 0.25) is 0 Å². The maximum Gasteiger partial charge on any atom is 0.195 e. The Labute approximate surface area is 312 Å². The Morgan fingerprint density at radius 2 is 0.750 bits per heavy atom. The third-order valence-electron chi connectivity index (χ3n) is 9.22. The number of benzene rings is 6. The highest BCUT2D eigenvalue weighted by molar-refractivity contribution is 7.23. The summed E-state index contributed by atoms with van der Waals surface area (Å²) in [5.41, 5.74) is 11.0. The SMILES string of the molecule is Cc1ccc(-c2sc3cc(C)ccc3c2C(=O)c2ccc(O)cc2)cc1.Cc1ccc(C(=O)c2c(-c3ccc(C)cc3)sc3cc(C)ccc23)cc1. The number of phenols is 1. The highest BCUT2D eigenvalue weighted by atomic mass is 32.1. The molecule has 256 valence electrons. The molecule has 52 heavy (non-hydrogen) atoms. The van der Waals surface area contributed by atoms with Crippen molar-refractivity contribution in [3.05, 3.63) is 184 Å². The number of hydrogen-bond acceptors (Lipinski definition) is 5. The lowest BCUT2D eigenvalue weighted by molar-refractivity contribution is 0.103. The normalized spacial score (nSPS) is 11.0. The van der Waals surface area contributed by atoms with E-state index in [4.69, 9.17) is 0 Å². The molecule has 0 fully saturated rings. The molecular formula is C47H38O3S2. The van der Waals surface area contributed by atoms with E-state index in [1.165, 1.54) is 22.3 Å². The third-order valence-corrected chi connectivity index (χ3v) is 11.6. The summed E-state index contributed by atoms with van der Waals surface area (Å²) in [7, 11) is 0. The van der Waals surface area contributed by atoms with E-state index in [0.717, 1.165) is 63.3 Å². The molecule has 0 atom stereocenters. The zero-order valence-corrected chi connectivity index (χ0v) is 31.4. The van der Waals surface area contributed by atoms with Crippen LogP contribution in [-0.4, -0.2) is 16.7 Å². The summed E-state index contributed by atoms with van der Waals surface area (Å²) >= 11 is 3.36. The smallest absolute Gasteiger partial charge is 0.195 e. The maximum atomic E-state index is 13.4. The van der Waals surface area contributed by atoms with E-state index in [0.29, 0.717) is 5.56 Å². The molecule has 0 spiro atoms. The first kappa shape index (κ1) is 34.8. The monoisotopic (exact) mass is 714 g/mol. The minimum absolute atomic E-state index is 0.0179. The van der Waals surface area contributed by atoms with Crippen molar-refractivity contribution in [1.82, 2.24) is 0 Å². The average Bonchev–Trinajstić information content (AvgIpc) is 3.71. The third kappa shape index (κ3) is 7.11. The van der Waals surface area contributed by atoms with Gasteiger partial charge in [-0.15, -0.1) is 22.7 Å². The molecule has 2 aromatic heterocycles. The first-order valence-corrected chi connectivity index (χ1v) is 18.8. The van der Waals surface area contributed by atoms with Crippen LogP contribution < -0.4 is 0 Å². The number of aryl methyl sites for hydroxylation is 5. The summed E-state index contributed by atoms with van der Waals surface area (Å²) in [5, 5.41) is 11.5. The van der Waals surface area contributed by atoms with Gasteiger partial charge >= 0.3 is 0 Å². The van der Waals surface area contributed by atoms with Gasteiger partial charge in [0, 0.05) is 52.2 Å². The van der Waals surface area contributed by atoms with Gasteiger partial charge in [-0.1, -0.05) is 114 Å². The van der Waals surface area contributed by atoms with E-state index < -0.39 is 0 Å². The van der Waals surface area contributed by atoms with Crippen molar-refractivity contribution in [2.45, 2.75) is 34.6 Å². The first-order chi connectivity index (χ1) is 25.0. The van der Waals surface area contributed by atoms with Crippen molar-refractivity contribution in [3.8, 4) is 26.6 Å². The molecule has 1 N–H and O–H groups in total. The van der Waals surface area contributed by atoms with Crippen molar-refractivity contribution in [1.29, 1.82) is 0 Å². The van der Waals surface area contributed by atoms with Crippen molar-refractivity contribution in [2.75, 3.05) is 0 Å². The molecule has 0 radical (unpaired) electrons. The fraction of sp³-hybridized carbons (Fsp3) is 0.106. The van der Waals surface area contributed by atoms with Gasteiger partial charge in [-0.25, -0.2) is 0 Å². The lowest BCUT2D eigenvalue weighted by Crippen LogP contribution is -2.02. The molecule has 0 unspecified atom stereocenters. The van der Waals surface area contributed by atoms with Crippen LogP contribution in [0.2, 0.25) is 0 Å². The van der Waals surface area contributed by atoms with Gasteiger partial charge in [-0.2, -0.15) is 0 Å². The van der Waals surface area contributed by atoms with Gasteiger partial charge in [0.15, 0.2) is 11.6 Å². The quantitative estimate of drug-likeness (QED) is 0.174. The zero-order chi connectivity index (χ0) is 36.5. The van der Waals surface area contributed by atoms with E-state index in [2.05, 4.69) is 100 Å². The van der Waals surface area contributed by atoms with Crippen LogP contribution in [0.3, 0.4) is 0 Å².